The first-order valence-corrected chi connectivity index (χ1v) is 16.8. The second-order valence-electron chi connectivity index (χ2n) is 16.9. The van der Waals surface area contributed by atoms with E-state index in [1.165, 1.54) is 22.3 Å². The van der Waals surface area contributed by atoms with Crippen LogP contribution in [0.5, 0.6) is 5.75 Å². The molecule has 0 atom stereocenters. The number of rotatable bonds is 8. The Morgan fingerprint density at radius 3 is 1.48 bits per heavy atom. The fourth-order valence-electron chi connectivity index (χ4n) is 8.46. The molecule has 0 spiro atoms. The van der Waals surface area contributed by atoms with Crippen LogP contribution < -0.4 is 15.2 Å². The van der Waals surface area contributed by atoms with Crippen LogP contribution in [-0.4, -0.2) is 31.9 Å². The largest absolute Gasteiger partial charge is 0.427 e. The summed E-state index contributed by atoms with van der Waals surface area (Å²) >= 11 is 0. The van der Waals surface area contributed by atoms with Crippen LogP contribution in [-0.2, 0) is 10.8 Å². The summed E-state index contributed by atoms with van der Waals surface area (Å²) in [7, 11) is -2.55. The molecule has 4 N–H and O–H groups in total. The molecule has 6 heteroatoms. The van der Waals surface area contributed by atoms with Crippen molar-refractivity contribution in [2.75, 3.05) is 0 Å². The molecule has 1 aromatic rings. The summed E-state index contributed by atoms with van der Waals surface area (Å²) in [6.45, 7) is 32.6. The Bertz CT molecular complexity index is 1040. The Morgan fingerprint density at radius 2 is 1.10 bits per heavy atom. The summed E-state index contributed by atoms with van der Waals surface area (Å²) in [6.07, 6.45) is 6.05. The van der Waals surface area contributed by atoms with Crippen LogP contribution in [0, 0.1) is 0 Å². The highest BCUT2D eigenvalue weighted by molar-refractivity contribution is 7.39. The molecule has 2 fully saturated rings. The fourth-order valence-corrected chi connectivity index (χ4v) is 8.78. The third kappa shape index (κ3) is 7.43. The summed E-state index contributed by atoms with van der Waals surface area (Å²) in [5, 5.41) is 7.78. The van der Waals surface area contributed by atoms with Crippen LogP contribution in [0.3, 0.4) is 0 Å². The minimum Gasteiger partial charge on any atom is -0.427 e. The quantitative estimate of drug-likeness (QED) is 0.233. The maximum Gasteiger partial charge on any atom is 0.391 e. The highest BCUT2D eigenvalue weighted by Gasteiger charge is 2.46. The van der Waals surface area contributed by atoms with E-state index in [1.807, 2.05) is 0 Å². The van der Waals surface area contributed by atoms with Crippen LogP contribution in [0.15, 0.2) is 6.07 Å². The molecule has 1 aromatic carbocycles. The van der Waals surface area contributed by atoms with Gasteiger partial charge in [0.25, 0.3) is 0 Å². The van der Waals surface area contributed by atoms with E-state index in [0.29, 0.717) is 17.6 Å². The average Bonchev–Trinajstić information content (AvgIpc) is 2.73. The molecule has 230 valence electrons. The number of hydrogen-bond donors (Lipinski definition) is 4. The number of nitrogens with one attached hydrogen (secondary N) is 2. The molecule has 2 heterocycles. The Hall–Kier alpha value is -0.710. The van der Waals surface area contributed by atoms with E-state index in [0.717, 1.165) is 38.5 Å². The molecular weight excluding hydrogens is 515 g/mol. The predicted octanol–water partition coefficient (Wildman–Crippen LogP) is 8.70. The van der Waals surface area contributed by atoms with E-state index in [-0.39, 0.29) is 33.0 Å². The molecule has 0 unspecified atom stereocenters. The second-order valence-corrected chi connectivity index (χ2v) is 17.6. The van der Waals surface area contributed by atoms with Gasteiger partial charge in [0.2, 0.25) is 0 Å². The van der Waals surface area contributed by atoms with Gasteiger partial charge in [0.1, 0.15) is 5.75 Å². The molecule has 0 aliphatic carbocycles. The van der Waals surface area contributed by atoms with Gasteiger partial charge in [-0.05, 0) is 139 Å². The molecule has 2 aliphatic rings. The van der Waals surface area contributed by atoms with Gasteiger partial charge in [0, 0.05) is 27.7 Å². The first-order chi connectivity index (χ1) is 17.9. The summed E-state index contributed by atoms with van der Waals surface area (Å²) < 4.78 is 6.05. The molecular formula is C34H61N2O3P. The van der Waals surface area contributed by atoms with Gasteiger partial charge in [0.05, 0.1) is 0 Å². The van der Waals surface area contributed by atoms with Crippen molar-refractivity contribution in [2.45, 2.75) is 180 Å². The van der Waals surface area contributed by atoms with Crippen LogP contribution >= 0.6 is 8.60 Å². The molecule has 0 bridgehead atoms. The maximum absolute atomic E-state index is 10.3. The lowest BCUT2D eigenvalue weighted by Gasteiger charge is -2.51. The van der Waals surface area contributed by atoms with Crippen molar-refractivity contribution in [3.05, 3.63) is 28.3 Å². The molecule has 3 rings (SSSR count). The third-order valence-electron chi connectivity index (χ3n) is 9.89. The molecule has 40 heavy (non-hydrogen) atoms. The van der Waals surface area contributed by atoms with Crippen molar-refractivity contribution in [3.8, 4) is 5.75 Å². The smallest absolute Gasteiger partial charge is 0.391 e. The van der Waals surface area contributed by atoms with Gasteiger partial charge < -0.3 is 24.9 Å². The maximum atomic E-state index is 10.3. The summed E-state index contributed by atoms with van der Waals surface area (Å²) in [5.74, 6) is 1.33. The SMILES string of the molecule is CCC(C)(C)c1c(OP(O)O)cc(C2CC(C)(C)NC(C)(C)C2)c(C(C)(C)CC)c1C1CC(C)(C)NC(C)(C)C1. The third-order valence-corrected chi connectivity index (χ3v) is 10.3. The van der Waals surface area contributed by atoms with Crippen molar-refractivity contribution in [3.63, 3.8) is 0 Å². The minimum atomic E-state index is -2.55. The van der Waals surface area contributed by atoms with Crippen molar-refractivity contribution < 1.29 is 14.3 Å². The van der Waals surface area contributed by atoms with Crippen molar-refractivity contribution in [2.24, 2.45) is 0 Å². The molecule has 0 radical (unpaired) electrons. The van der Waals surface area contributed by atoms with E-state index in [2.05, 4.69) is 114 Å². The lowest BCUT2D eigenvalue weighted by molar-refractivity contribution is 0.156. The Kier molecular flexibility index (Phi) is 9.37. The second kappa shape index (κ2) is 11.1. The predicted molar refractivity (Wildman–Crippen MR) is 172 cm³/mol. The van der Waals surface area contributed by atoms with Gasteiger partial charge in [-0.2, -0.15) is 0 Å². The van der Waals surface area contributed by atoms with Gasteiger partial charge in [-0.25, -0.2) is 0 Å². The average molecular weight is 577 g/mol. The summed E-state index contributed by atoms with van der Waals surface area (Å²) in [4.78, 5) is 20.5. The number of benzene rings is 1. The normalized spacial score (nSPS) is 23.4. The Balaban J connectivity index is 2.52. The van der Waals surface area contributed by atoms with E-state index < -0.39 is 8.60 Å². The lowest BCUT2D eigenvalue weighted by Crippen LogP contribution is -2.58. The fraction of sp³-hybridized carbons (Fsp3) is 0.824. The van der Waals surface area contributed by atoms with Gasteiger partial charge in [-0.1, -0.05) is 41.5 Å². The van der Waals surface area contributed by atoms with Gasteiger partial charge >= 0.3 is 8.60 Å². The molecule has 0 aromatic heterocycles. The lowest BCUT2D eigenvalue weighted by atomic mass is 9.61. The topological polar surface area (TPSA) is 73.8 Å². The van der Waals surface area contributed by atoms with Crippen molar-refractivity contribution >= 4 is 8.60 Å². The van der Waals surface area contributed by atoms with E-state index >= 15 is 0 Å². The molecule has 0 amide bonds. The zero-order valence-electron chi connectivity index (χ0n) is 28.2. The Morgan fingerprint density at radius 1 is 0.725 bits per heavy atom. The van der Waals surface area contributed by atoms with Crippen LogP contribution in [0.25, 0.3) is 0 Å². The van der Waals surface area contributed by atoms with Crippen LogP contribution in [0.1, 0.15) is 170 Å². The van der Waals surface area contributed by atoms with E-state index in [4.69, 9.17) is 4.52 Å². The van der Waals surface area contributed by atoms with Crippen LogP contribution in [0.2, 0.25) is 0 Å². The highest BCUT2D eigenvalue weighted by atomic mass is 31.2. The first-order valence-electron chi connectivity index (χ1n) is 15.6. The van der Waals surface area contributed by atoms with Crippen molar-refractivity contribution in [1.82, 2.24) is 10.6 Å². The highest BCUT2D eigenvalue weighted by Crippen LogP contribution is 2.55. The molecule has 2 saturated heterocycles. The van der Waals surface area contributed by atoms with E-state index in [1.54, 1.807) is 0 Å². The van der Waals surface area contributed by atoms with E-state index in [9.17, 15) is 9.79 Å². The zero-order valence-corrected chi connectivity index (χ0v) is 29.1. The molecule has 5 nitrogen and oxygen atoms in total. The Labute approximate surface area is 247 Å². The summed E-state index contributed by atoms with van der Waals surface area (Å²) in [5.41, 5.74) is 5.11. The van der Waals surface area contributed by atoms with Gasteiger partial charge in [-0.15, -0.1) is 0 Å². The minimum absolute atomic E-state index is 0.0120. The molecule has 2 aliphatic heterocycles. The number of hydrogen-bond acceptors (Lipinski definition) is 5. The monoisotopic (exact) mass is 576 g/mol. The van der Waals surface area contributed by atoms with Gasteiger partial charge in [-0.3, -0.25) is 0 Å². The summed E-state index contributed by atoms with van der Waals surface area (Å²) in [6, 6.07) is 2.23. The van der Waals surface area contributed by atoms with Gasteiger partial charge in [0.15, 0.2) is 0 Å². The first kappa shape index (κ1) is 33.8. The van der Waals surface area contributed by atoms with Crippen molar-refractivity contribution in [1.29, 1.82) is 0 Å². The molecule has 0 saturated carbocycles. The van der Waals surface area contributed by atoms with Crippen LogP contribution in [0.4, 0.5) is 0 Å². The zero-order chi connectivity index (χ0) is 30.7. The number of piperidine rings is 2. The standard InChI is InChI=1S/C34H61N2O3P/c1-15-29(3,4)27-24(22-18-31(7,8)35-32(9,10)19-22)17-25(39-40(37)38)28(30(5,6)16-2)26(27)23-20-33(11,12)36-34(13,14)21-23/h17,22-23,35-38H,15-16,18-21H2,1-14H3.